The lowest BCUT2D eigenvalue weighted by Gasteiger charge is -2.33. The highest BCUT2D eigenvalue weighted by atomic mass is 32.2. The second kappa shape index (κ2) is 5.98. The molecule has 1 N–H and O–H groups in total. The van der Waals surface area contributed by atoms with Crippen LogP contribution in [0, 0.1) is 5.41 Å². The van der Waals surface area contributed by atoms with Gasteiger partial charge in [0.05, 0.1) is 12.2 Å². The molecule has 0 bridgehead atoms. The molecule has 16 heavy (non-hydrogen) atoms. The maximum absolute atomic E-state index is 10.9. The third-order valence-electron chi connectivity index (χ3n) is 2.47. The molecular weight excluding hydrogens is 228 g/mol. The zero-order valence-corrected chi connectivity index (χ0v) is 11.7. The van der Waals surface area contributed by atoms with Crippen molar-refractivity contribution in [3.8, 4) is 0 Å². The van der Waals surface area contributed by atoms with Crippen molar-refractivity contribution in [3.05, 3.63) is 0 Å². The van der Waals surface area contributed by atoms with E-state index in [1.54, 1.807) is 7.11 Å². The molecule has 0 spiro atoms. The van der Waals surface area contributed by atoms with E-state index in [1.165, 1.54) is 6.26 Å². The number of aliphatic hydroxyl groups excluding tert-OH is 1. The summed E-state index contributed by atoms with van der Waals surface area (Å²) in [4.78, 5) is 0. The van der Waals surface area contributed by atoms with E-state index in [9.17, 15) is 13.5 Å². The third kappa shape index (κ3) is 6.45. The average molecular weight is 252 g/mol. The number of ether oxygens (including phenoxy) is 1. The molecule has 0 amide bonds. The monoisotopic (exact) mass is 252 g/mol. The van der Waals surface area contributed by atoms with Crippen LogP contribution in [0.2, 0.25) is 0 Å². The summed E-state index contributed by atoms with van der Waals surface area (Å²) >= 11 is 0. The average Bonchev–Trinajstić information content (AvgIpc) is 1.99. The largest absolute Gasteiger partial charge is 0.390 e. The molecule has 4 nitrogen and oxygen atoms in total. The van der Waals surface area contributed by atoms with E-state index >= 15 is 0 Å². The highest BCUT2D eigenvalue weighted by Crippen LogP contribution is 2.26. The summed E-state index contributed by atoms with van der Waals surface area (Å²) in [5.74, 6) is 0.116. The van der Waals surface area contributed by atoms with Gasteiger partial charge >= 0.3 is 0 Å². The molecule has 0 heterocycles. The highest BCUT2D eigenvalue weighted by molar-refractivity contribution is 7.90. The number of methoxy groups -OCH3 is 1. The maximum Gasteiger partial charge on any atom is 0.147 e. The molecule has 0 saturated heterocycles. The third-order valence-corrected chi connectivity index (χ3v) is 3.50. The Hall–Kier alpha value is -0.130. The summed E-state index contributed by atoms with van der Waals surface area (Å²) in [6.45, 7) is 5.96. The molecule has 5 heteroatoms. The minimum absolute atomic E-state index is 0.116. The van der Waals surface area contributed by atoms with Crippen LogP contribution in [0.3, 0.4) is 0 Å². The van der Waals surface area contributed by atoms with Gasteiger partial charge in [-0.1, -0.05) is 20.8 Å². The molecule has 0 aromatic carbocycles. The van der Waals surface area contributed by atoms with Gasteiger partial charge in [-0.15, -0.1) is 0 Å². The predicted octanol–water partition coefficient (Wildman–Crippen LogP) is 1.23. The summed E-state index contributed by atoms with van der Waals surface area (Å²) in [7, 11) is -1.37. The molecule has 0 saturated carbocycles. The van der Waals surface area contributed by atoms with Gasteiger partial charge in [-0.05, 0) is 18.3 Å². The first-order valence-electron chi connectivity index (χ1n) is 5.46. The van der Waals surface area contributed by atoms with E-state index in [-0.39, 0.29) is 17.3 Å². The summed E-state index contributed by atoms with van der Waals surface area (Å²) in [5.41, 5.74) is -0.154. The lowest BCUT2D eigenvalue weighted by Crippen LogP contribution is -2.39. The van der Waals surface area contributed by atoms with Gasteiger partial charge in [0.15, 0.2) is 0 Å². The van der Waals surface area contributed by atoms with Crippen molar-refractivity contribution in [2.24, 2.45) is 5.41 Å². The van der Waals surface area contributed by atoms with Crippen LogP contribution in [0.1, 0.15) is 33.6 Å². The van der Waals surface area contributed by atoms with E-state index in [4.69, 9.17) is 4.74 Å². The highest BCUT2D eigenvalue weighted by Gasteiger charge is 2.30. The van der Waals surface area contributed by atoms with Crippen LogP contribution in [0.5, 0.6) is 0 Å². The summed E-state index contributed by atoms with van der Waals surface area (Å²) in [6.07, 6.45) is 1.23. The standard InChI is InChI=1S/C11H24O4S/c1-11(2,3)10(15-4)9(12)7-6-8-16(5,13)14/h9-10,12H,6-8H2,1-5H3. The zero-order chi connectivity index (χ0) is 13.0. The Kier molecular flexibility index (Phi) is 5.93. The fourth-order valence-electron chi connectivity index (χ4n) is 1.79. The molecule has 0 rings (SSSR count). The summed E-state index contributed by atoms with van der Waals surface area (Å²) in [5, 5.41) is 9.92. The Balaban J connectivity index is 4.19. The van der Waals surface area contributed by atoms with Crippen LogP contribution >= 0.6 is 0 Å². The Bertz CT molecular complexity index is 290. The van der Waals surface area contributed by atoms with Crippen molar-refractivity contribution in [1.29, 1.82) is 0 Å². The zero-order valence-electron chi connectivity index (χ0n) is 10.9. The fraction of sp³-hybridized carbons (Fsp3) is 1.00. The first-order chi connectivity index (χ1) is 7.08. The van der Waals surface area contributed by atoms with Gasteiger partial charge in [0, 0.05) is 19.1 Å². The molecule has 2 unspecified atom stereocenters. The van der Waals surface area contributed by atoms with Gasteiger partial charge in [-0.3, -0.25) is 0 Å². The lowest BCUT2D eigenvalue weighted by molar-refractivity contribution is -0.0732. The molecule has 0 radical (unpaired) electrons. The second-order valence-corrected chi connectivity index (χ2v) is 7.62. The quantitative estimate of drug-likeness (QED) is 0.772. The Morgan fingerprint density at radius 2 is 1.81 bits per heavy atom. The summed E-state index contributed by atoms with van der Waals surface area (Å²) < 4.78 is 27.1. The Labute approximate surface area is 98.9 Å². The van der Waals surface area contributed by atoms with Crippen molar-refractivity contribution in [1.82, 2.24) is 0 Å². The van der Waals surface area contributed by atoms with Crippen LogP contribution in [0.25, 0.3) is 0 Å². The molecule has 0 aromatic rings. The smallest absolute Gasteiger partial charge is 0.147 e. The number of aliphatic hydroxyl groups is 1. The van der Waals surface area contributed by atoms with Crippen LogP contribution < -0.4 is 0 Å². The van der Waals surface area contributed by atoms with E-state index in [0.717, 1.165) is 0 Å². The van der Waals surface area contributed by atoms with Crippen molar-refractivity contribution in [2.45, 2.75) is 45.8 Å². The van der Waals surface area contributed by atoms with Crippen LogP contribution in [0.4, 0.5) is 0 Å². The van der Waals surface area contributed by atoms with E-state index < -0.39 is 15.9 Å². The summed E-state index contributed by atoms with van der Waals surface area (Å²) in [6, 6.07) is 0. The normalized spacial score (nSPS) is 17.1. The maximum atomic E-state index is 10.9. The van der Waals surface area contributed by atoms with Crippen molar-refractivity contribution < 1.29 is 18.3 Å². The fourth-order valence-corrected chi connectivity index (χ4v) is 2.48. The van der Waals surface area contributed by atoms with Gasteiger partial charge < -0.3 is 9.84 Å². The molecule has 0 aliphatic heterocycles. The molecule has 2 atom stereocenters. The first kappa shape index (κ1) is 15.9. The van der Waals surface area contributed by atoms with Crippen molar-refractivity contribution in [3.63, 3.8) is 0 Å². The minimum atomic E-state index is -2.94. The molecule has 0 aliphatic carbocycles. The molecule has 0 fully saturated rings. The topological polar surface area (TPSA) is 63.6 Å². The Morgan fingerprint density at radius 1 is 1.31 bits per heavy atom. The van der Waals surface area contributed by atoms with E-state index in [0.29, 0.717) is 12.8 Å². The minimum Gasteiger partial charge on any atom is -0.390 e. The molecule has 0 aromatic heterocycles. The van der Waals surface area contributed by atoms with Gasteiger partial charge in [-0.2, -0.15) is 0 Å². The number of rotatable bonds is 6. The van der Waals surface area contributed by atoms with Crippen molar-refractivity contribution >= 4 is 9.84 Å². The van der Waals surface area contributed by atoms with Gasteiger partial charge in [0.25, 0.3) is 0 Å². The number of sulfone groups is 1. The number of hydrogen-bond acceptors (Lipinski definition) is 4. The van der Waals surface area contributed by atoms with Crippen molar-refractivity contribution in [2.75, 3.05) is 19.1 Å². The Morgan fingerprint density at radius 3 is 2.12 bits per heavy atom. The predicted molar refractivity (Wildman–Crippen MR) is 65.2 cm³/mol. The van der Waals surface area contributed by atoms with E-state index in [1.807, 2.05) is 20.8 Å². The van der Waals surface area contributed by atoms with E-state index in [2.05, 4.69) is 0 Å². The SMILES string of the molecule is COC(C(O)CCCS(C)(=O)=O)C(C)(C)C. The number of hydrogen-bond donors (Lipinski definition) is 1. The molecular formula is C11H24O4S. The molecule has 0 aliphatic rings. The van der Waals surface area contributed by atoms with Crippen LogP contribution in [0.15, 0.2) is 0 Å². The first-order valence-corrected chi connectivity index (χ1v) is 7.52. The molecule has 98 valence electrons. The van der Waals surface area contributed by atoms with Crippen LogP contribution in [-0.2, 0) is 14.6 Å². The van der Waals surface area contributed by atoms with Gasteiger partial charge in [0.2, 0.25) is 0 Å². The lowest BCUT2D eigenvalue weighted by atomic mass is 9.84. The van der Waals surface area contributed by atoms with Gasteiger partial charge in [-0.25, -0.2) is 8.42 Å². The second-order valence-electron chi connectivity index (χ2n) is 5.36. The van der Waals surface area contributed by atoms with Crippen LogP contribution in [-0.4, -0.2) is 44.9 Å². The van der Waals surface area contributed by atoms with Gasteiger partial charge in [0.1, 0.15) is 9.84 Å².